The number of aliphatic hydroxyl groups excluding tert-OH is 1. The van der Waals surface area contributed by atoms with Crippen LogP contribution in [0.4, 0.5) is 4.39 Å². The summed E-state index contributed by atoms with van der Waals surface area (Å²) in [5, 5.41) is 10.4. The molecule has 1 saturated heterocycles. The molecule has 3 atom stereocenters. The first kappa shape index (κ1) is 12.6. The maximum Gasteiger partial charge on any atom is 0.126 e. The maximum absolute atomic E-state index is 13.3. The van der Waals surface area contributed by atoms with Gasteiger partial charge in [0.15, 0.2) is 0 Å². The number of fused-ring (bicyclic) bond motifs is 1. The Bertz CT molecular complexity index is 545. The van der Waals surface area contributed by atoms with Gasteiger partial charge in [-0.25, -0.2) is 4.39 Å². The van der Waals surface area contributed by atoms with Gasteiger partial charge in [-0.3, -0.25) is 4.90 Å². The predicted octanol–water partition coefficient (Wildman–Crippen LogP) is 2.64. The van der Waals surface area contributed by atoms with E-state index in [1.165, 1.54) is 25.0 Å². The van der Waals surface area contributed by atoms with Crippen LogP contribution in [-0.4, -0.2) is 34.2 Å². The first-order chi connectivity index (χ1) is 9.56. The summed E-state index contributed by atoms with van der Waals surface area (Å²) in [6.45, 7) is 3.12. The van der Waals surface area contributed by atoms with Gasteiger partial charge in [0.1, 0.15) is 17.2 Å². The standard InChI is InChI=1S/C16H20FNO2/c1-10-7-16(9-18(10)12-3-4-12)8-14(19)13-6-11(17)2-5-15(13)20-16/h2,5-6,10,12,14,19H,3-4,7-9H2,1H3/t10?,14-,16?/m0/s1. The molecule has 4 rings (SSSR count). The summed E-state index contributed by atoms with van der Waals surface area (Å²) >= 11 is 0. The Morgan fingerprint density at radius 1 is 1.35 bits per heavy atom. The molecule has 4 heteroatoms. The van der Waals surface area contributed by atoms with Gasteiger partial charge >= 0.3 is 0 Å². The zero-order valence-electron chi connectivity index (χ0n) is 11.7. The molecule has 3 aliphatic rings. The van der Waals surface area contributed by atoms with Crippen LogP contribution < -0.4 is 4.74 Å². The fraction of sp³-hybridized carbons (Fsp3) is 0.625. The Labute approximate surface area is 118 Å². The summed E-state index contributed by atoms with van der Waals surface area (Å²) in [6, 6.07) is 5.65. The van der Waals surface area contributed by atoms with Crippen molar-refractivity contribution in [3.05, 3.63) is 29.6 Å². The van der Waals surface area contributed by atoms with E-state index >= 15 is 0 Å². The van der Waals surface area contributed by atoms with Crippen molar-refractivity contribution in [3.63, 3.8) is 0 Å². The Balaban J connectivity index is 1.64. The zero-order valence-corrected chi connectivity index (χ0v) is 11.7. The van der Waals surface area contributed by atoms with E-state index in [0.717, 1.165) is 13.0 Å². The van der Waals surface area contributed by atoms with Crippen molar-refractivity contribution in [3.8, 4) is 5.75 Å². The van der Waals surface area contributed by atoms with Gasteiger partial charge in [0.25, 0.3) is 0 Å². The normalized spacial score (nSPS) is 37.0. The van der Waals surface area contributed by atoms with Crippen molar-refractivity contribution in [1.82, 2.24) is 4.90 Å². The maximum atomic E-state index is 13.3. The Morgan fingerprint density at radius 3 is 2.90 bits per heavy atom. The van der Waals surface area contributed by atoms with Crippen LogP contribution in [-0.2, 0) is 0 Å². The molecule has 1 aliphatic carbocycles. The fourth-order valence-electron chi connectivity index (χ4n) is 3.94. The van der Waals surface area contributed by atoms with Crippen molar-refractivity contribution >= 4 is 0 Å². The van der Waals surface area contributed by atoms with Crippen LogP contribution in [0.25, 0.3) is 0 Å². The van der Waals surface area contributed by atoms with Crippen LogP contribution in [0.3, 0.4) is 0 Å². The molecule has 1 saturated carbocycles. The molecule has 0 radical (unpaired) electrons. The number of ether oxygens (including phenoxy) is 1. The van der Waals surface area contributed by atoms with E-state index in [-0.39, 0.29) is 11.4 Å². The Kier molecular flexibility index (Phi) is 2.63. The minimum absolute atomic E-state index is 0.299. The lowest BCUT2D eigenvalue weighted by molar-refractivity contribution is -0.00798. The van der Waals surface area contributed by atoms with Crippen LogP contribution in [0.2, 0.25) is 0 Å². The highest BCUT2D eigenvalue weighted by molar-refractivity contribution is 5.39. The number of halogens is 1. The van der Waals surface area contributed by atoms with E-state index in [2.05, 4.69) is 11.8 Å². The highest BCUT2D eigenvalue weighted by Crippen LogP contribution is 2.47. The first-order valence-electron chi connectivity index (χ1n) is 7.49. The molecule has 1 aromatic rings. The monoisotopic (exact) mass is 277 g/mol. The van der Waals surface area contributed by atoms with Crippen molar-refractivity contribution in [1.29, 1.82) is 0 Å². The van der Waals surface area contributed by atoms with Crippen molar-refractivity contribution < 1.29 is 14.2 Å². The van der Waals surface area contributed by atoms with Crippen LogP contribution in [0.5, 0.6) is 5.75 Å². The third kappa shape index (κ3) is 1.93. The molecule has 0 aromatic heterocycles. The van der Waals surface area contributed by atoms with E-state index in [1.54, 1.807) is 6.07 Å². The summed E-state index contributed by atoms with van der Waals surface area (Å²) in [5.74, 6) is 0.330. The SMILES string of the molecule is CC1CC2(C[C@H](O)c3cc(F)ccc3O2)CN1C1CC1. The molecule has 1 spiro atoms. The average molecular weight is 277 g/mol. The van der Waals surface area contributed by atoms with Crippen LogP contribution >= 0.6 is 0 Å². The second-order valence-corrected chi connectivity index (χ2v) is 6.64. The Hall–Kier alpha value is -1.13. The minimum atomic E-state index is -0.624. The second kappa shape index (κ2) is 4.18. The molecule has 1 aromatic carbocycles. The van der Waals surface area contributed by atoms with Gasteiger partial charge in [-0.15, -0.1) is 0 Å². The predicted molar refractivity (Wildman–Crippen MR) is 73.1 cm³/mol. The van der Waals surface area contributed by atoms with Gasteiger partial charge in [-0.1, -0.05) is 0 Å². The molecule has 20 heavy (non-hydrogen) atoms. The quantitative estimate of drug-likeness (QED) is 0.856. The fourth-order valence-corrected chi connectivity index (χ4v) is 3.94. The molecule has 0 bridgehead atoms. The zero-order chi connectivity index (χ0) is 13.9. The van der Waals surface area contributed by atoms with Gasteiger partial charge in [-0.05, 0) is 38.0 Å². The third-order valence-electron chi connectivity index (χ3n) is 4.94. The number of aliphatic hydroxyl groups is 1. The van der Waals surface area contributed by atoms with E-state index in [1.807, 2.05) is 0 Å². The second-order valence-electron chi connectivity index (χ2n) is 6.64. The van der Waals surface area contributed by atoms with Crippen molar-refractivity contribution in [2.75, 3.05) is 6.54 Å². The molecule has 2 fully saturated rings. The molecule has 2 unspecified atom stereocenters. The van der Waals surface area contributed by atoms with E-state index in [9.17, 15) is 9.50 Å². The number of benzene rings is 1. The van der Waals surface area contributed by atoms with Gasteiger partial charge in [-0.2, -0.15) is 0 Å². The summed E-state index contributed by atoms with van der Waals surface area (Å²) in [6.07, 6.45) is 3.45. The molecule has 0 amide bonds. The number of hydrogen-bond donors (Lipinski definition) is 1. The minimum Gasteiger partial charge on any atom is -0.485 e. The summed E-state index contributed by atoms with van der Waals surface area (Å²) in [4.78, 5) is 2.52. The van der Waals surface area contributed by atoms with Crippen molar-refractivity contribution in [2.24, 2.45) is 0 Å². The van der Waals surface area contributed by atoms with Gasteiger partial charge < -0.3 is 9.84 Å². The molecule has 1 N–H and O–H groups in total. The molecular formula is C16H20FNO2. The lowest BCUT2D eigenvalue weighted by atomic mass is 9.87. The average Bonchev–Trinajstić information content (AvgIpc) is 3.17. The smallest absolute Gasteiger partial charge is 0.126 e. The van der Waals surface area contributed by atoms with E-state index in [0.29, 0.717) is 29.8 Å². The number of likely N-dealkylation sites (tertiary alicyclic amines) is 1. The first-order valence-corrected chi connectivity index (χ1v) is 7.49. The summed E-state index contributed by atoms with van der Waals surface area (Å²) < 4.78 is 19.5. The van der Waals surface area contributed by atoms with E-state index in [4.69, 9.17) is 4.74 Å². The number of nitrogens with zero attached hydrogens (tertiary/aromatic N) is 1. The number of rotatable bonds is 1. The lowest BCUT2D eigenvalue weighted by Gasteiger charge is -2.38. The highest BCUT2D eigenvalue weighted by atomic mass is 19.1. The molecule has 108 valence electrons. The topological polar surface area (TPSA) is 32.7 Å². The van der Waals surface area contributed by atoms with Crippen LogP contribution in [0.1, 0.15) is 44.3 Å². The molecule has 2 heterocycles. The summed E-state index contributed by atoms with van der Waals surface area (Å²) in [7, 11) is 0. The van der Waals surface area contributed by atoms with Gasteiger partial charge in [0.05, 0.1) is 6.10 Å². The largest absolute Gasteiger partial charge is 0.485 e. The Morgan fingerprint density at radius 2 is 2.15 bits per heavy atom. The van der Waals surface area contributed by atoms with E-state index < -0.39 is 6.10 Å². The number of hydrogen-bond acceptors (Lipinski definition) is 3. The third-order valence-corrected chi connectivity index (χ3v) is 4.94. The van der Waals surface area contributed by atoms with Gasteiger partial charge in [0.2, 0.25) is 0 Å². The van der Waals surface area contributed by atoms with Gasteiger partial charge in [0, 0.05) is 37.0 Å². The molecular weight excluding hydrogens is 257 g/mol. The van der Waals surface area contributed by atoms with Crippen LogP contribution in [0, 0.1) is 5.82 Å². The van der Waals surface area contributed by atoms with Crippen molar-refractivity contribution in [2.45, 2.75) is 56.4 Å². The van der Waals surface area contributed by atoms with Crippen LogP contribution in [0.15, 0.2) is 18.2 Å². The summed E-state index contributed by atoms with van der Waals surface area (Å²) in [5.41, 5.74) is 0.292. The molecule has 3 nitrogen and oxygen atoms in total. The lowest BCUT2D eigenvalue weighted by Crippen LogP contribution is -2.44. The highest BCUT2D eigenvalue weighted by Gasteiger charge is 2.51. The molecule has 2 aliphatic heterocycles.